The largest absolute Gasteiger partial charge is 0.479 e. The first-order valence-corrected chi connectivity index (χ1v) is 6.41. The third kappa shape index (κ3) is 3.93. The summed E-state index contributed by atoms with van der Waals surface area (Å²) in [6, 6.07) is 12.1. The maximum Gasteiger partial charge on any atom is 0.174 e. The van der Waals surface area contributed by atoms with Crippen LogP contribution >= 0.6 is 0 Å². The third-order valence-electron chi connectivity index (χ3n) is 2.95. The maximum atomic E-state index is 13.7. The molecule has 2 aromatic rings. The lowest BCUT2D eigenvalue weighted by Gasteiger charge is -2.17. The fourth-order valence-corrected chi connectivity index (χ4v) is 1.97. The molecule has 0 aliphatic carbocycles. The van der Waals surface area contributed by atoms with E-state index in [2.05, 4.69) is 5.32 Å². The molecular formula is C16H14F2N2O. The Kier molecular flexibility index (Phi) is 4.72. The quantitative estimate of drug-likeness (QED) is 0.903. The number of benzene rings is 2. The molecule has 0 spiro atoms. The van der Waals surface area contributed by atoms with E-state index in [-0.39, 0.29) is 12.6 Å². The number of nitrogens with zero attached hydrogens (tertiary/aromatic N) is 1. The van der Waals surface area contributed by atoms with E-state index in [1.807, 2.05) is 6.07 Å². The number of hydrogen-bond acceptors (Lipinski definition) is 3. The molecule has 21 heavy (non-hydrogen) atoms. The summed E-state index contributed by atoms with van der Waals surface area (Å²) in [5.74, 6) is -0.643. The Morgan fingerprint density at radius 3 is 2.76 bits per heavy atom. The van der Waals surface area contributed by atoms with Crippen molar-refractivity contribution in [1.82, 2.24) is 0 Å². The van der Waals surface area contributed by atoms with Crippen molar-refractivity contribution in [3.8, 4) is 11.8 Å². The molecule has 0 radical (unpaired) electrons. The molecule has 1 atom stereocenters. The number of ether oxygens (including phenoxy) is 1. The van der Waals surface area contributed by atoms with Crippen LogP contribution in [0.15, 0.2) is 42.5 Å². The Morgan fingerprint density at radius 1 is 1.24 bits per heavy atom. The second-order valence-electron chi connectivity index (χ2n) is 4.51. The van der Waals surface area contributed by atoms with Crippen molar-refractivity contribution >= 4 is 5.69 Å². The third-order valence-corrected chi connectivity index (χ3v) is 2.95. The summed E-state index contributed by atoms with van der Waals surface area (Å²) in [6.45, 7) is 1.74. The summed E-state index contributed by atoms with van der Waals surface area (Å²) in [6.07, 6.45) is 0. The zero-order chi connectivity index (χ0) is 15.2. The Balaban J connectivity index is 2.12. The fraction of sp³-hybridized carbons (Fsp3) is 0.188. The van der Waals surface area contributed by atoms with Crippen molar-refractivity contribution in [1.29, 1.82) is 5.26 Å². The van der Waals surface area contributed by atoms with E-state index >= 15 is 0 Å². The molecule has 0 heterocycles. The van der Waals surface area contributed by atoms with Crippen LogP contribution in [0.2, 0.25) is 0 Å². The minimum absolute atomic E-state index is 0.0361. The van der Waals surface area contributed by atoms with E-state index in [9.17, 15) is 8.78 Å². The number of nitrogens with one attached hydrogen (secondary N) is 1. The molecule has 0 bridgehead atoms. The molecule has 1 N–H and O–H groups in total. The minimum atomic E-state index is -0.602. The average molecular weight is 288 g/mol. The van der Waals surface area contributed by atoms with Gasteiger partial charge >= 0.3 is 0 Å². The molecule has 5 heteroatoms. The Labute approximate surface area is 121 Å². The second-order valence-corrected chi connectivity index (χ2v) is 4.51. The summed E-state index contributed by atoms with van der Waals surface area (Å²) >= 11 is 0. The van der Waals surface area contributed by atoms with Crippen molar-refractivity contribution < 1.29 is 13.5 Å². The van der Waals surface area contributed by atoms with E-state index < -0.39 is 11.6 Å². The van der Waals surface area contributed by atoms with Crippen LogP contribution < -0.4 is 10.1 Å². The smallest absolute Gasteiger partial charge is 0.174 e. The summed E-state index contributed by atoms with van der Waals surface area (Å²) in [7, 11) is 0. The zero-order valence-corrected chi connectivity index (χ0v) is 11.4. The predicted molar refractivity (Wildman–Crippen MR) is 75.9 cm³/mol. The van der Waals surface area contributed by atoms with Gasteiger partial charge in [-0.3, -0.25) is 0 Å². The maximum absolute atomic E-state index is 13.7. The van der Waals surface area contributed by atoms with Crippen LogP contribution in [-0.2, 0) is 0 Å². The molecule has 1 unspecified atom stereocenters. The molecule has 2 aromatic carbocycles. The van der Waals surface area contributed by atoms with Crippen LogP contribution in [0.1, 0.15) is 18.5 Å². The van der Waals surface area contributed by atoms with Crippen LogP contribution in [0.25, 0.3) is 0 Å². The number of nitriles is 1. The number of halogens is 2. The van der Waals surface area contributed by atoms with Gasteiger partial charge in [0, 0.05) is 23.4 Å². The van der Waals surface area contributed by atoms with Gasteiger partial charge in [0.25, 0.3) is 0 Å². The van der Waals surface area contributed by atoms with Gasteiger partial charge in [0.05, 0.1) is 6.04 Å². The number of hydrogen-bond donors (Lipinski definition) is 1. The van der Waals surface area contributed by atoms with Crippen LogP contribution in [-0.4, -0.2) is 6.61 Å². The van der Waals surface area contributed by atoms with Crippen LogP contribution in [0.5, 0.6) is 5.75 Å². The predicted octanol–water partition coefficient (Wildman–Crippen LogP) is 4.04. The van der Waals surface area contributed by atoms with Crippen molar-refractivity contribution in [3.05, 3.63) is 59.7 Å². The van der Waals surface area contributed by atoms with Crippen molar-refractivity contribution in [2.75, 3.05) is 11.9 Å². The Hall–Kier alpha value is -2.61. The number of anilines is 1. The summed E-state index contributed by atoms with van der Waals surface area (Å²) in [5.41, 5.74) is 1.10. The normalized spacial score (nSPS) is 11.5. The highest BCUT2D eigenvalue weighted by Crippen LogP contribution is 2.24. The Bertz CT molecular complexity index is 668. The number of rotatable bonds is 5. The first-order chi connectivity index (χ1) is 10.1. The first kappa shape index (κ1) is 14.8. The van der Waals surface area contributed by atoms with Gasteiger partial charge < -0.3 is 10.1 Å². The lowest BCUT2D eigenvalue weighted by atomic mass is 10.1. The SMILES string of the molecule is CC(Nc1cccc(OCC#N)c1)c1ccc(F)cc1F. The first-order valence-electron chi connectivity index (χ1n) is 6.41. The minimum Gasteiger partial charge on any atom is -0.479 e. The zero-order valence-electron chi connectivity index (χ0n) is 11.4. The van der Waals surface area contributed by atoms with E-state index in [1.54, 1.807) is 31.2 Å². The molecule has 2 rings (SSSR count). The second kappa shape index (κ2) is 6.71. The summed E-state index contributed by atoms with van der Waals surface area (Å²) in [5, 5.41) is 11.6. The molecule has 3 nitrogen and oxygen atoms in total. The molecule has 0 amide bonds. The molecule has 0 fully saturated rings. The Morgan fingerprint density at radius 2 is 2.05 bits per heavy atom. The van der Waals surface area contributed by atoms with Crippen LogP contribution in [0.3, 0.4) is 0 Å². The highest BCUT2D eigenvalue weighted by molar-refractivity contribution is 5.50. The molecule has 0 aliphatic heterocycles. The highest BCUT2D eigenvalue weighted by atomic mass is 19.1. The molecule has 0 saturated heterocycles. The van der Waals surface area contributed by atoms with Crippen molar-refractivity contribution in [3.63, 3.8) is 0 Å². The summed E-state index contributed by atoms with van der Waals surface area (Å²) < 4.78 is 31.8. The van der Waals surface area contributed by atoms with E-state index in [0.717, 1.165) is 11.8 Å². The molecule has 0 saturated carbocycles. The van der Waals surface area contributed by atoms with Gasteiger partial charge in [0.1, 0.15) is 23.5 Å². The molecule has 108 valence electrons. The average Bonchev–Trinajstić information content (AvgIpc) is 2.45. The van der Waals surface area contributed by atoms with Gasteiger partial charge in [-0.1, -0.05) is 12.1 Å². The lowest BCUT2D eigenvalue weighted by Crippen LogP contribution is -2.09. The topological polar surface area (TPSA) is 45.0 Å². The summed E-state index contributed by atoms with van der Waals surface area (Å²) in [4.78, 5) is 0. The van der Waals surface area contributed by atoms with Gasteiger partial charge in [-0.25, -0.2) is 8.78 Å². The van der Waals surface area contributed by atoms with Crippen LogP contribution in [0.4, 0.5) is 14.5 Å². The fourth-order valence-electron chi connectivity index (χ4n) is 1.97. The van der Waals surface area contributed by atoms with E-state index in [4.69, 9.17) is 10.00 Å². The highest BCUT2D eigenvalue weighted by Gasteiger charge is 2.11. The van der Waals surface area contributed by atoms with Gasteiger partial charge in [-0.2, -0.15) is 5.26 Å². The van der Waals surface area contributed by atoms with Gasteiger partial charge in [0.2, 0.25) is 0 Å². The van der Waals surface area contributed by atoms with Gasteiger partial charge in [0.15, 0.2) is 6.61 Å². The van der Waals surface area contributed by atoms with Crippen LogP contribution in [0, 0.1) is 23.0 Å². The van der Waals surface area contributed by atoms with Gasteiger partial charge in [-0.15, -0.1) is 0 Å². The van der Waals surface area contributed by atoms with E-state index in [0.29, 0.717) is 11.3 Å². The van der Waals surface area contributed by atoms with E-state index in [1.165, 1.54) is 12.1 Å². The molecular weight excluding hydrogens is 274 g/mol. The molecule has 0 aliphatic rings. The molecule has 0 aromatic heterocycles. The lowest BCUT2D eigenvalue weighted by molar-refractivity contribution is 0.368. The standard InChI is InChI=1S/C16H14F2N2O/c1-11(15-6-5-12(17)9-16(15)18)20-13-3-2-4-14(10-13)21-8-7-19/h2-6,9-11,20H,8H2,1H3. The van der Waals surface area contributed by atoms with Crippen molar-refractivity contribution in [2.45, 2.75) is 13.0 Å². The monoisotopic (exact) mass is 288 g/mol. The van der Waals surface area contributed by atoms with Gasteiger partial charge in [-0.05, 0) is 25.1 Å². The van der Waals surface area contributed by atoms with Crippen molar-refractivity contribution in [2.24, 2.45) is 0 Å².